The van der Waals surface area contributed by atoms with Gasteiger partial charge in [0, 0.05) is 11.5 Å². The minimum atomic E-state index is -0.309. The summed E-state index contributed by atoms with van der Waals surface area (Å²) in [4.78, 5) is 0. The van der Waals surface area contributed by atoms with Crippen LogP contribution < -0.4 is 4.74 Å². The van der Waals surface area contributed by atoms with E-state index in [4.69, 9.17) is 9.84 Å². The fourth-order valence-corrected chi connectivity index (χ4v) is 1.72. The Morgan fingerprint density at radius 2 is 2.21 bits per heavy atom. The summed E-state index contributed by atoms with van der Waals surface area (Å²) in [5.74, 6) is 0.232. The van der Waals surface area contributed by atoms with Crippen LogP contribution in [0.1, 0.15) is 18.4 Å². The number of benzene rings is 1. The molecule has 0 atom stereocenters. The van der Waals surface area contributed by atoms with Gasteiger partial charge in [0.2, 0.25) is 0 Å². The van der Waals surface area contributed by atoms with Gasteiger partial charge in [-0.15, -0.1) is 0 Å². The van der Waals surface area contributed by atoms with Crippen LogP contribution in [-0.4, -0.2) is 18.8 Å². The zero-order chi connectivity index (χ0) is 10.2. The number of aliphatic hydroxyl groups excluding tert-OH is 1. The van der Waals surface area contributed by atoms with Crippen molar-refractivity contribution in [2.24, 2.45) is 0 Å². The SMILES string of the molecule is COc1ccc(C2(CO)CC2)c(F)c1. The molecule has 0 radical (unpaired) electrons. The van der Waals surface area contributed by atoms with Crippen molar-refractivity contribution in [1.29, 1.82) is 0 Å². The lowest BCUT2D eigenvalue weighted by Gasteiger charge is -2.13. The molecule has 0 aliphatic heterocycles. The number of hydrogen-bond acceptors (Lipinski definition) is 2. The highest BCUT2D eigenvalue weighted by atomic mass is 19.1. The Hall–Kier alpha value is -1.09. The Balaban J connectivity index is 2.36. The van der Waals surface area contributed by atoms with Gasteiger partial charge >= 0.3 is 0 Å². The quantitative estimate of drug-likeness (QED) is 0.799. The molecular formula is C11H13FO2. The summed E-state index contributed by atoms with van der Waals surface area (Å²) in [5, 5.41) is 9.16. The molecule has 0 spiro atoms. The second-order valence-corrected chi connectivity index (χ2v) is 3.78. The van der Waals surface area contributed by atoms with Crippen molar-refractivity contribution in [3.63, 3.8) is 0 Å². The molecule has 14 heavy (non-hydrogen) atoms. The molecule has 2 nitrogen and oxygen atoms in total. The van der Waals surface area contributed by atoms with Gasteiger partial charge in [0.1, 0.15) is 11.6 Å². The molecule has 0 aromatic heterocycles. The fourth-order valence-electron chi connectivity index (χ4n) is 1.72. The first-order chi connectivity index (χ1) is 6.72. The predicted octanol–water partition coefficient (Wildman–Crippen LogP) is 1.86. The van der Waals surface area contributed by atoms with Crippen molar-refractivity contribution in [3.05, 3.63) is 29.6 Å². The minimum absolute atomic E-state index is 0.0241. The van der Waals surface area contributed by atoms with E-state index in [1.165, 1.54) is 13.2 Å². The van der Waals surface area contributed by atoms with E-state index in [0.29, 0.717) is 11.3 Å². The Morgan fingerprint density at radius 3 is 2.64 bits per heavy atom. The summed E-state index contributed by atoms with van der Waals surface area (Å²) in [7, 11) is 1.51. The maximum atomic E-state index is 13.6. The summed E-state index contributed by atoms with van der Waals surface area (Å²) in [6.45, 7) is 0.0241. The molecule has 0 bridgehead atoms. The predicted molar refractivity (Wildman–Crippen MR) is 50.9 cm³/mol. The van der Waals surface area contributed by atoms with E-state index < -0.39 is 0 Å². The highest BCUT2D eigenvalue weighted by molar-refractivity contribution is 5.37. The number of aliphatic hydroxyl groups is 1. The lowest BCUT2D eigenvalue weighted by Crippen LogP contribution is -2.13. The number of rotatable bonds is 3. The Kier molecular flexibility index (Phi) is 2.19. The highest BCUT2D eigenvalue weighted by Gasteiger charge is 2.45. The molecule has 1 aliphatic carbocycles. The Labute approximate surface area is 82.3 Å². The van der Waals surface area contributed by atoms with Crippen molar-refractivity contribution in [1.82, 2.24) is 0 Å². The normalized spacial score (nSPS) is 17.9. The monoisotopic (exact) mass is 196 g/mol. The summed E-state index contributed by atoms with van der Waals surface area (Å²) >= 11 is 0. The molecule has 0 amide bonds. The molecule has 1 fully saturated rings. The summed E-state index contributed by atoms with van der Waals surface area (Å²) < 4.78 is 18.5. The van der Waals surface area contributed by atoms with Gasteiger partial charge in [0.25, 0.3) is 0 Å². The van der Waals surface area contributed by atoms with Crippen LogP contribution in [0.15, 0.2) is 18.2 Å². The lowest BCUT2D eigenvalue weighted by atomic mass is 9.96. The number of hydrogen-bond donors (Lipinski definition) is 1. The Bertz CT molecular complexity index is 345. The minimum Gasteiger partial charge on any atom is -0.497 e. The molecule has 3 heteroatoms. The summed E-state index contributed by atoms with van der Waals surface area (Å²) in [5.41, 5.74) is 0.303. The first kappa shape index (κ1) is 9.46. The van der Waals surface area contributed by atoms with Crippen molar-refractivity contribution in [2.45, 2.75) is 18.3 Å². The molecule has 1 aromatic rings. The molecule has 0 heterocycles. The van der Waals surface area contributed by atoms with Crippen LogP contribution in [0.5, 0.6) is 5.75 Å². The molecule has 1 N–H and O–H groups in total. The van der Waals surface area contributed by atoms with E-state index in [1.54, 1.807) is 12.1 Å². The summed E-state index contributed by atoms with van der Waals surface area (Å²) in [6.07, 6.45) is 1.74. The van der Waals surface area contributed by atoms with Gasteiger partial charge in [0.05, 0.1) is 13.7 Å². The summed E-state index contributed by atoms with van der Waals surface area (Å²) in [6, 6.07) is 4.80. The first-order valence-electron chi connectivity index (χ1n) is 4.67. The van der Waals surface area contributed by atoms with Gasteiger partial charge in [-0.1, -0.05) is 6.07 Å². The molecule has 1 aromatic carbocycles. The topological polar surface area (TPSA) is 29.5 Å². The number of ether oxygens (including phenoxy) is 1. The zero-order valence-corrected chi connectivity index (χ0v) is 8.09. The van der Waals surface area contributed by atoms with Crippen molar-refractivity contribution >= 4 is 0 Å². The third-order valence-corrected chi connectivity index (χ3v) is 2.90. The van der Waals surface area contributed by atoms with Gasteiger partial charge in [0.15, 0.2) is 0 Å². The Morgan fingerprint density at radius 1 is 1.50 bits per heavy atom. The van der Waals surface area contributed by atoms with Crippen LogP contribution in [0.3, 0.4) is 0 Å². The van der Waals surface area contributed by atoms with Crippen LogP contribution in [0.4, 0.5) is 4.39 Å². The lowest BCUT2D eigenvalue weighted by molar-refractivity contribution is 0.252. The fraction of sp³-hybridized carbons (Fsp3) is 0.455. The molecule has 2 rings (SSSR count). The van der Waals surface area contributed by atoms with Gasteiger partial charge in [-0.05, 0) is 24.5 Å². The van der Waals surface area contributed by atoms with Crippen LogP contribution >= 0.6 is 0 Å². The molecule has 0 saturated heterocycles. The standard InChI is InChI=1S/C11H13FO2/c1-14-8-2-3-9(10(12)6-8)11(7-13)4-5-11/h2-3,6,13H,4-5,7H2,1H3. The van der Waals surface area contributed by atoms with E-state index in [2.05, 4.69) is 0 Å². The number of methoxy groups -OCH3 is 1. The second kappa shape index (κ2) is 3.24. The van der Waals surface area contributed by atoms with E-state index in [9.17, 15) is 4.39 Å². The van der Waals surface area contributed by atoms with Gasteiger partial charge in [-0.3, -0.25) is 0 Å². The largest absolute Gasteiger partial charge is 0.497 e. The van der Waals surface area contributed by atoms with E-state index in [1.807, 2.05) is 0 Å². The van der Waals surface area contributed by atoms with Crippen LogP contribution in [0.25, 0.3) is 0 Å². The van der Waals surface area contributed by atoms with Crippen LogP contribution in [0.2, 0.25) is 0 Å². The molecule has 0 unspecified atom stereocenters. The zero-order valence-electron chi connectivity index (χ0n) is 8.09. The average Bonchev–Trinajstić information content (AvgIpc) is 2.98. The average molecular weight is 196 g/mol. The smallest absolute Gasteiger partial charge is 0.130 e. The van der Waals surface area contributed by atoms with E-state index in [0.717, 1.165) is 12.8 Å². The van der Waals surface area contributed by atoms with Crippen molar-refractivity contribution in [3.8, 4) is 5.75 Å². The first-order valence-corrected chi connectivity index (χ1v) is 4.67. The van der Waals surface area contributed by atoms with E-state index in [-0.39, 0.29) is 17.8 Å². The second-order valence-electron chi connectivity index (χ2n) is 3.78. The van der Waals surface area contributed by atoms with Crippen LogP contribution in [-0.2, 0) is 5.41 Å². The maximum absolute atomic E-state index is 13.6. The van der Waals surface area contributed by atoms with Gasteiger partial charge in [-0.25, -0.2) is 4.39 Å². The molecule has 1 saturated carbocycles. The molecule has 76 valence electrons. The highest BCUT2D eigenvalue weighted by Crippen LogP contribution is 2.48. The molecule has 1 aliphatic rings. The number of halogens is 1. The molecular weight excluding hydrogens is 183 g/mol. The third-order valence-electron chi connectivity index (χ3n) is 2.90. The third kappa shape index (κ3) is 1.38. The van der Waals surface area contributed by atoms with Crippen molar-refractivity contribution < 1.29 is 14.2 Å². The van der Waals surface area contributed by atoms with Gasteiger partial charge in [-0.2, -0.15) is 0 Å². The van der Waals surface area contributed by atoms with Gasteiger partial charge < -0.3 is 9.84 Å². The van der Waals surface area contributed by atoms with Crippen molar-refractivity contribution in [2.75, 3.05) is 13.7 Å². The van der Waals surface area contributed by atoms with E-state index >= 15 is 0 Å². The maximum Gasteiger partial charge on any atom is 0.130 e. The van der Waals surface area contributed by atoms with Crippen LogP contribution in [0, 0.1) is 5.82 Å².